The lowest BCUT2D eigenvalue weighted by Crippen LogP contribution is -2.29. The van der Waals surface area contributed by atoms with E-state index in [1.165, 1.54) is 0 Å². The van der Waals surface area contributed by atoms with Gasteiger partial charge in [-0.1, -0.05) is 6.08 Å². The van der Waals surface area contributed by atoms with E-state index in [9.17, 15) is 0 Å². The second kappa shape index (κ2) is 3.14. The molecule has 0 amide bonds. The molecule has 1 aliphatic rings. The lowest BCUT2D eigenvalue weighted by Gasteiger charge is -2.21. The summed E-state index contributed by atoms with van der Waals surface area (Å²) >= 11 is 0. The van der Waals surface area contributed by atoms with Crippen molar-refractivity contribution in [1.29, 1.82) is 0 Å². The first-order chi connectivity index (χ1) is 4.72. The van der Waals surface area contributed by atoms with Gasteiger partial charge in [-0.15, -0.1) is 0 Å². The van der Waals surface area contributed by atoms with E-state index in [1.807, 2.05) is 6.08 Å². The number of nitrogens with two attached hydrogens (primary N) is 1. The molecule has 4 N–H and O–H groups in total. The highest BCUT2D eigenvalue weighted by molar-refractivity contribution is 5.12. The van der Waals surface area contributed by atoms with Crippen molar-refractivity contribution in [1.82, 2.24) is 0 Å². The molecule has 0 fully saturated rings. The van der Waals surface area contributed by atoms with Gasteiger partial charge in [0.05, 0.1) is 12.7 Å². The average molecular weight is 143 g/mol. The topological polar surface area (TPSA) is 66.5 Å². The Kier molecular flexibility index (Phi) is 2.43. The zero-order valence-electron chi connectivity index (χ0n) is 5.83. The molecule has 0 aromatic carbocycles. The van der Waals surface area contributed by atoms with Gasteiger partial charge in [-0.05, 0) is 18.4 Å². The third-order valence-electron chi connectivity index (χ3n) is 1.69. The third-order valence-corrected chi connectivity index (χ3v) is 1.69. The van der Waals surface area contributed by atoms with Crippen molar-refractivity contribution in [2.75, 3.05) is 6.61 Å². The summed E-state index contributed by atoms with van der Waals surface area (Å²) in [5.41, 5.74) is 6.40. The van der Waals surface area contributed by atoms with Gasteiger partial charge in [-0.2, -0.15) is 0 Å². The van der Waals surface area contributed by atoms with Gasteiger partial charge in [0.15, 0.2) is 0 Å². The monoisotopic (exact) mass is 143 g/mol. The van der Waals surface area contributed by atoms with E-state index in [0.29, 0.717) is 12.8 Å². The minimum Gasteiger partial charge on any atom is -0.393 e. The second-order valence-corrected chi connectivity index (χ2v) is 2.74. The van der Waals surface area contributed by atoms with Gasteiger partial charge >= 0.3 is 0 Å². The Labute approximate surface area is 60.2 Å². The average Bonchev–Trinajstić information content (AvgIpc) is 1.85. The van der Waals surface area contributed by atoms with Crippen LogP contribution in [0.25, 0.3) is 0 Å². The molecular weight excluding hydrogens is 130 g/mol. The second-order valence-electron chi connectivity index (χ2n) is 2.74. The molecular formula is C7H13NO2. The molecule has 3 nitrogen and oxygen atoms in total. The van der Waals surface area contributed by atoms with Crippen LogP contribution in [-0.4, -0.2) is 29.0 Å². The maximum absolute atomic E-state index is 9.15. The smallest absolute Gasteiger partial charge is 0.0643 e. The van der Waals surface area contributed by atoms with Crippen molar-refractivity contribution in [2.24, 2.45) is 5.73 Å². The normalized spacial score (nSPS) is 33.7. The predicted octanol–water partition coefficient (Wildman–Crippen LogP) is -0.613. The summed E-state index contributed by atoms with van der Waals surface area (Å²) in [6.07, 6.45) is 2.66. The fraction of sp³-hybridized carbons (Fsp3) is 0.714. The summed E-state index contributed by atoms with van der Waals surface area (Å²) in [5.74, 6) is 0. The van der Waals surface area contributed by atoms with Crippen molar-refractivity contribution in [3.8, 4) is 0 Å². The van der Waals surface area contributed by atoms with Crippen molar-refractivity contribution in [2.45, 2.75) is 25.0 Å². The van der Waals surface area contributed by atoms with Gasteiger partial charge in [-0.25, -0.2) is 0 Å². The molecule has 0 heterocycles. The molecule has 0 unspecified atom stereocenters. The van der Waals surface area contributed by atoms with Gasteiger partial charge in [0.2, 0.25) is 0 Å². The van der Waals surface area contributed by atoms with E-state index < -0.39 is 0 Å². The van der Waals surface area contributed by atoms with Crippen LogP contribution in [0.1, 0.15) is 12.8 Å². The van der Waals surface area contributed by atoms with Gasteiger partial charge in [0.25, 0.3) is 0 Å². The zero-order chi connectivity index (χ0) is 7.56. The van der Waals surface area contributed by atoms with Crippen LogP contribution in [0, 0.1) is 0 Å². The van der Waals surface area contributed by atoms with Crippen LogP contribution in [0.15, 0.2) is 11.6 Å². The first kappa shape index (κ1) is 7.72. The molecule has 0 aliphatic heterocycles. The van der Waals surface area contributed by atoms with E-state index in [0.717, 1.165) is 5.57 Å². The largest absolute Gasteiger partial charge is 0.393 e. The Hall–Kier alpha value is -0.380. The van der Waals surface area contributed by atoms with Crippen LogP contribution in [0.4, 0.5) is 0 Å². The standard InChI is InChI=1S/C7H13NO2/c8-6-1-5(4-9)2-7(10)3-6/h1,6-7,9-10H,2-4,8H2/t6-,7-/m0/s1. The predicted molar refractivity (Wildman–Crippen MR) is 38.4 cm³/mol. The Balaban J connectivity index is 2.56. The van der Waals surface area contributed by atoms with Crippen LogP contribution in [0.5, 0.6) is 0 Å². The summed E-state index contributed by atoms with van der Waals surface area (Å²) in [5, 5.41) is 17.8. The van der Waals surface area contributed by atoms with Gasteiger partial charge in [-0.3, -0.25) is 0 Å². The molecule has 0 saturated carbocycles. The van der Waals surface area contributed by atoms with Crippen molar-refractivity contribution in [3.63, 3.8) is 0 Å². The van der Waals surface area contributed by atoms with E-state index in [1.54, 1.807) is 0 Å². The first-order valence-electron chi connectivity index (χ1n) is 3.46. The van der Waals surface area contributed by atoms with Crippen molar-refractivity contribution in [3.05, 3.63) is 11.6 Å². The highest BCUT2D eigenvalue weighted by atomic mass is 16.3. The molecule has 58 valence electrons. The molecule has 0 spiro atoms. The Morgan fingerprint density at radius 2 is 2.40 bits per heavy atom. The third kappa shape index (κ3) is 1.80. The molecule has 0 radical (unpaired) electrons. The van der Waals surface area contributed by atoms with Crippen LogP contribution in [0.3, 0.4) is 0 Å². The number of hydrogen-bond donors (Lipinski definition) is 3. The zero-order valence-corrected chi connectivity index (χ0v) is 5.83. The lowest BCUT2D eigenvalue weighted by atomic mass is 9.94. The van der Waals surface area contributed by atoms with E-state index in [4.69, 9.17) is 15.9 Å². The van der Waals surface area contributed by atoms with Gasteiger partial charge in [0.1, 0.15) is 0 Å². The minimum absolute atomic E-state index is 0.0186. The fourth-order valence-electron chi connectivity index (χ4n) is 1.26. The molecule has 3 heteroatoms. The van der Waals surface area contributed by atoms with Crippen molar-refractivity contribution < 1.29 is 10.2 Å². The number of aliphatic hydroxyl groups is 2. The Bertz CT molecular complexity index is 145. The summed E-state index contributed by atoms with van der Waals surface area (Å²) in [7, 11) is 0. The Morgan fingerprint density at radius 1 is 1.70 bits per heavy atom. The van der Waals surface area contributed by atoms with Crippen molar-refractivity contribution >= 4 is 0 Å². The minimum atomic E-state index is -0.359. The van der Waals surface area contributed by atoms with Crippen LogP contribution >= 0.6 is 0 Å². The molecule has 0 bridgehead atoms. The summed E-state index contributed by atoms with van der Waals surface area (Å²) in [4.78, 5) is 0. The van der Waals surface area contributed by atoms with Crippen LogP contribution in [-0.2, 0) is 0 Å². The fourth-order valence-corrected chi connectivity index (χ4v) is 1.26. The Morgan fingerprint density at radius 3 is 2.90 bits per heavy atom. The summed E-state index contributed by atoms with van der Waals surface area (Å²) in [6, 6.07) is -0.0779. The number of aliphatic hydroxyl groups excluding tert-OH is 2. The molecule has 2 atom stereocenters. The van der Waals surface area contributed by atoms with Gasteiger partial charge < -0.3 is 15.9 Å². The SMILES string of the molecule is N[C@H]1C=C(CO)C[C@H](O)C1. The van der Waals surface area contributed by atoms with E-state index in [2.05, 4.69) is 0 Å². The molecule has 1 rings (SSSR count). The molecule has 0 aromatic heterocycles. The maximum Gasteiger partial charge on any atom is 0.0643 e. The molecule has 1 aliphatic carbocycles. The lowest BCUT2D eigenvalue weighted by molar-refractivity contribution is 0.148. The van der Waals surface area contributed by atoms with Gasteiger partial charge in [0, 0.05) is 6.04 Å². The van der Waals surface area contributed by atoms with Crippen LogP contribution < -0.4 is 5.73 Å². The van der Waals surface area contributed by atoms with Crippen LogP contribution in [0.2, 0.25) is 0 Å². The first-order valence-corrected chi connectivity index (χ1v) is 3.46. The quantitative estimate of drug-likeness (QED) is 0.429. The maximum atomic E-state index is 9.15. The molecule has 10 heavy (non-hydrogen) atoms. The highest BCUT2D eigenvalue weighted by Gasteiger charge is 2.16. The highest BCUT2D eigenvalue weighted by Crippen LogP contribution is 2.16. The number of rotatable bonds is 1. The summed E-state index contributed by atoms with van der Waals surface area (Å²) in [6.45, 7) is 0.0186. The molecule has 0 saturated heterocycles. The van der Waals surface area contributed by atoms with E-state index >= 15 is 0 Å². The summed E-state index contributed by atoms with van der Waals surface area (Å²) < 4.78 is 0. The molecule has 0 aromatic rings. The van der Waals surface area contributed by atoms with E-state index in [-0.39, 0.29) is 18.8 Å². The number of hydrogen-bond acceptors (Lipinski definition) is 3.